The number of hydrogen-bond donors (Lipinski definition) is 1. The highest BCUT2D eigenvalue weighted by Crippen LogP contribution is 2.34. The molecule has 4 aromatic rings. The van der Waals surface area contributed by atoms with Crippen LogP contribution in [0.2, 0.25) is 0 Å². The fraction of sp³-hybridized carbons (Fsp3) is 0.217. The molecule has 0 saturated carbocycles. The Labute approximate surface area is 158 Å². The highest BCUT2D eigenvalue weighted by atomic mass is 15.2. The van der Waals surface area contributed by atoms with Gasteiger partial charge in [-0.2, -0.15) is 5.10 Å². The molecule has 4 heteroatoms. The van der Waals surface area contributed by atoms with Crippen LogP contribution < -0.4 is 0 Å². The first-order valence-electron chi connectivity index (χ1n) is 9.42. The first kappa shape index (κ1) is 16.2. The minimum atomic E-state index is 0.406. The van der Waals surface area contributed by atoms with E-state index < -0.39 is 0 Å². The number of H-pyrrole nitrogens is 1. The summed E-state index contributed by atoms with van der Waals surface area (Å²) in [5.41, 5.74) is 7.37. The number of pyridine rings is 1. The van der Waals surface area contributed by atoms with Crippen LogP contribution in [0.25, 0.3) is 11.0 Å². The van der Waals surface area contributed by atoms with E-state index in [2.05, 4.69) is 80.7 Å². The monoisotopic (exact) mass is 354 g/mol. The number of aromatic nitrogens is 3. The van der Waals surface area contributed by atoms with Gasteiger partial charge in [-0.25, -0.2) is 4.98 Å². The summed E-state index contributed by atoms with van der Waals surface area (Å²) >= 11 is 0. The lowest BCUT2D eigenvalue weighted by Crippen LogP contribution is -2.33. The molecule has 0 amide bonds. The van der Waals surface area contributed by atoms with Crippen LogP contribution in [-0.2, 0) is 13.1 Å². The van der Waals surface area contributed by atoms with E-state index in [4.69, 9.17) is 0 Å². The Morgan fingerprint density at radius 2 is 1.89 bits per heavy atom. The summed E-state index contributed by atoms with van der Waals surface area (Å²) in [6.07, 6.45) is 1.96. The maximum absolute atomic E-state index is 4.52. The van der Waals surface area contributed by atoms with Crippen molar-refractivity contribution >= 4 is 11.0 Å². The summed E-state index contributed by atoms with van der Waals surface area (Å²) in [6, 6.07) is 21.9. The molecule has 0 saturated heterocycles. The van der Waals surface area contributed by atoms with E-state index in [-0.39, 0.29) is 0 Å². The molecule has 0 bridgehead atoms. The average molecular weight is 354 g/mol. The number of hydrogen-bond acceptors (Lipinski definition) is 3. The molecule has 0 radical (unpaired) electrons. The molecule has 0 spiro atoms. The van der Waals surface area contributed by atoms with Gasteiger partial charge in [0.2, 0.25) is 0 Å². The van der Waals surface area contributed by atoms with Crippen molar-refractivity contribution in [3.63, 3.8) is 0 Å². The van der Waals surface area contributed by atoms with E-state index in [9.17, 15) is 0 Å². The van der Waals surface area contributed by atoms with Crippen LogP contribution in [0.15, 0.2) is 66.9 Å². The van der Waals surface area contributed by atoms with Crippen LogP contribution in [-0.4, -0.2) is 26.6 Å². The molecule has 1 atom stereocenters. The second kappa shape index (κ2) is 6.63. The number of nitrogens with one attached hydrogen (secondary N) is 1. The third kappa shape index (κ3) is 3.02. The number of aromatic amines is 1. The van der Waals surface area contributed by atoms with Gasteiger partial charge in [-0.1, -0.05) is 54.6 Å². The molecule has 27 heavy (non-hydrogen) atoms. The predicted octanol–water partition coefficient (Wildman–Crippen LogP) is 4.41. The van der Waals surface area contributed by atoms with Gasteiger partial charge in [0.1, 0.15) is 0 Å². The van der Waals surface area contributed by atoms with Crippen LogP contribution in [0.3, 0.4) is 0 Å². The van der Waals surface area contributed by atoms with Crippen molar-refractivity contribution in [3.8, 4) is 0 Å². The minimum Gasteiger partial charge on any atom is -0.294 e. The van der Waals surface area contributed by atoms with E-state index >= 15 is 0 Å². The lowest BCUT2D eigenvalue weighted by atomic mass is 9.84. The van der Waals surface area contributed by atoms with E-state index in [1.54, 1.807) is 0 Å². The van der Waals surface area contributed by atoms with Gasteiger partial charge in [0.15, 0.2) is 5.65 Å². The summed E-state index contributed by atoms with van der Waals surface area (Å²) in [4.78, 5) is 7.05. The molecular formula is C23H22N4. The summed E-state index contributed by atoms with van der Waals surface area (Å²) in [5.74, 6) is 0.406. The van der Waals surface area contributed by atoms with Gasteiger partial charge in [0.05, 0.1) is 0 Å². The molecule has 2 aromatic carbocycles. The average Bonchev–Trinajstić information content (AvgIpc) is 3.08. The number of nitrogens with zero attached hydrogens (tertiary/aromatic N) is 3. The van der Waals surface area contributed by atoms with E-state index in [0.717, 1.165) is 36.4 Å². The first-order valence-corrected chi connectivity index (χ1v) is 9.42. The number of aryl methyl sites for hydroxylation is 1. The molecule has 0 aliphatic carbocycles. The molecule has 134 valence electrons. The van der Waals surface area contributed by atoms with E-state index in [0.29, 0.717) is 5.92 Å². The molecule has 1 N–H and O–H groups in total. The zero-order chi connectivity index (χ0) is 18.2. The molecule has 5 rings (SSSR count). The van der Waals surface area contributed by atoms with Gasteiger partial charge in [0.25, 0.3) is 0 Å². The molecule has 2 aromatic heterocycles. The van der Waals surface area contributed by atoms with Crippen molar-refractivity contribution < 1.29 is 0 Å². The lowest BCUT2D eigenvalue weighted by Gasteiger charge is -2.35. The maximum atomic E-state index is 4.52. The largest absolute Gasteiger partial charge is 0.294 e. The Morgan fingerprint density at radius 3 is 2.78 bits per heavy atom. The molecule has 0 fully saturated rings. The SMILES string of the molecule is Cc1[nH]nc2ncc(CN3Cc4ccccc4C(c4ccccc4)C3)cc12. The Hall–Kier alpha value is -2.98. The molecule has 1 aliphatic rings. The third-order valence-electron chi connectivity index (χ3n) is 5.53. The zero-order valence-corrected chi connectivity index (χ0v) is 15.4. The Balaban J connectivity index is 1.47. The molecule has 4 nitrogen and oxygen atoms in total. The van der Waals surface area contributed by atoms with Crippen LogP contribution in [0.4, 0.5) is 0 Å². The second-order valence-electron chi connectivity index (χ2n) is 7.40. The lowest BCUT2D eigenvalue weighted by molar-refractivity contribution is 0.232. The van der Waals surface area contributed by atoms with Gasteiger partial charge >= 0.3 is 0 Å². The standard InChI is InChI=1S/C23H22N4/c1-16-21-11-17(12-24-23(21)26-25-16)13-27-14-19-9-5-6-10-20(19)22(15-27)18-7-3-2-4-8-18/h2-12,22H,13-15H2,1H3,(H,24,25,26). The minimum absolute atomic E-state index is 0.406. The Morgan fingerprint density at radius 1 is 1.07 bits per heavy atom. The smallest absolute Gasteiger partial charge is 0.181 e. The van der Waals surface area contributed by atoms with Crippen molar-refractivity contribution in [2.75, 3.05) is 6.54 Å². The number of benzene rings is 2. The van der Waals surface area contributed by atoms with Gasteiger partial charge in [-0.15, -0.1) is 0 Å². The fourth-order valence-corrected chi connectivity index (χ4v) is 4.18. The Bertz CT molecular complexity index is 1080. The van der Waals surface area contributed by atoms with Crippen molar-refractivity contribution in [1.82, 2.24) is 20.1 Å². The summed E-state index contributed by atoms with van der Waals surface area (Å²) < 4.78 is 0. The maximum Gasteiger partial charge on any atom is 0.181 e. The molecule has 1 unspecified atom stereocenters. The summed E-state index contributed by atoms with van der Waals surface area (Å²) in [5, 5.41) is 8.38. The van der Waals surface area contributed by atoms with Crippen molar-refractivity contribution in [3.05, 3.63) is 94.8 Å². The fourth-order valence-electron chi connectivity index (χ4n) is 4.18. The zero-order valence-electron chi connectivity index (χ0n) is 15.4. The van der Waals surface area contributed by atoms with Gasteiger partial charge < -0.3 is 0 Å². The Kier molecular flexibility index (Phi) is 3.98. The number of fused-ring (bicyclic) bond motifs is 2. The van der Waals surface area contributed by atoms with Crippen molar-refractivity contribution in [1.29, 1.82) is 0 Å². The van der Waals surface area contributed by atoms with E-state index in [1.165, 1.54) is 22.3 Å². The van der Waals surface area contributed by atoms with Gasteiger partial charge in [-0.05, 0) is 35.2 Å². The molecule has 3 heterocycles. The van der Waals surface area contributed by atoms with E-state index in [1.807, 2.05) is 13.1 Å². The van der Waals surface area contributed by atoms with Crippen LogP contribution in [0.5, 0.6) is 0 Å². The normalized spacial score (nSPS) is 17.1. The van der Waals surface area contributed by atoms with Crippen molar-refractivity contribution in [2.24, 2.45) is 0 Å². The number of rotatable bonds is 3. The predicted molar refractivity (Wildman–Crippen MR) is 107 cm³/mol. The summed E-state index contributed by atoms with van der Waals surface area (Å²) in [7, 11) is 0. The van der Waals surface area contributed by atoms with Gasteiger partial charge in [0, 0.05) is 42.8 Å². The topological polar surface area (TPSA) is 44.8 Å². The quantitative estimate of drug-likeness (QED) is 0.592. The highest BCUT2D eigenvalue weighted by molar-refractivity contribution is 5.77. The van der Waals surface area contributed by atoms with Crippen LogP contribution in [0, 0.1) is 6.92 Å². The molecule has 1 aliphatic heterocycles. The summed E-state index contributed by atoms with van der Waals surface area (Å²) in [6.45, 7) is 4.93. The van der Waals surface area contributed by atoms with Crippen LogP contribution >= 0.6 is 0 Å². The first-order chi connectivity index (χ1) is 13.3. The molecular weight excluding hydrogens is 332 g/mol. The van der Waals surface area contributed by atoms with Crippen LogP contribution in [0.1, 0.15) is 33.9 Å². The second-order valence-corrected chi connectivity index (χ2v) is 7.40. The third-order valence-corrected chi connectivity index (χ3v) is 5.53. The van der Waals surface area contributed by atoms with Gasteiger partial charge in [-0.3, -0.25) is 10.00 Å². The van der Waals surface area contributed by atoms with Crippen molar-refractivity contribution in [2.45, 2.75) is 25.9 Å². The highest BCUT2D eigenvalue weighted by Gasteiger charge is 2.26.